The van der Waals surface area contributed by atoms with Crippen molar-refractivity contribution >= 4 is 57.2 Å². The van der Waals surface area contributed by atoms with E-state index in [1.54, 1.807) is 0 Å². The third-order valence-corrected chi connectivity index (χ3v) is 8.28. The molecule has 0 radical (unpaired) electrons. The van der Waals surface area contributed by atoms with Crippen LogP contribution in [0.25, 0.3) is 11.2 Å². The molecule has 194 valence electrons. The molecule has 12 heteroatoms. The van der Waals surface area contributed by atoms with E-state index < -0.39 is 0 Å². The fourth-order valence-electron chi connectivity index (χ4n) is 4.10. The molecule has 0 bridgehead atoms. The van der Waals surface area contributed by atoms with Gasteiger partial charge in [-0.3, -0.25) is 4.79 Å². The maximum atomic E-state index is 12.8. The average Bonchev–Trinajstić information content (AvgIpc) is 3.44. The molecule has 2 aromatic heterocycles. The average molecular weight is 626 g/mol. The standard InChI is InChI=1S/C24H32IN7O3S/c1-15(2)31(20(33)7-4-3-5-8-26)9-6-10-32-23-21(22(27)28-13-29-23)30-24(32)36-19-12-18-17(11-16(19)25)34-14-35-18/h11-13,15H,3-10,14,26H2,1-2H3,(H2,27,28,29). The Morgan fingerprint density at radius 2 is 1.97 bits per heavy atom. The van der Waals surface area contributed by atoms with Crippen LogP contribution in [0.1, 0.15) is 46.0 Å². The predicted molar refractivity (Wildman–Crippen MR) is 148 cm³/mol. The molecule has 0 atom stereocenters. The molecular weight excluding hydrogens is 593 g/mol. The first-order chi connectivity index (χ1) is 17.4. The van der Waals surface area contributed by atoms with Crippen LogP contribution < -0.4 is 20.9 Å². The second-order valence-corrected chi connectivity index (χ2v) is 11.0. The molecule has 4 N–H and O–H groups in total. The molecule has 0 saturated heterocycles. The van der Waals surface area contributed by atoms with E-state index >= 15 is 0 Å². The Morgan fingerprint density at radius 1 is 1.19 bits per heavy atom. The second kappa shape index (κ2) is 12.3. The number of imidazole rings is 1. The third kappa shape index (κ3) is 6.14. The molecule has 1 aliphatic heterocycles. The van der Waals surface area contributed by atoms with Crippen molar-refractivity contribution in [3.63, 3.8) is 0 Å². The minimum absolute atomic E-state index is 0.133. The number of ether oxygens (including phenoxy) is 2. The van der Waals surface area contributed by atoms with Gasteiger partial charge in [-0.1, -0.05) is 18.2 Å². The number of halogens is 1. The molecule has 0 aliphatic carbocycles. The molecule has 0 fully saturated rings. The monoisotopic (exact) mass is 625 g/mol. The number of carbonyl (C=O) groups is 1. The van der Waals surface area contributed by atoms with E-state index in [-0.39, 0.29) is 18.7 Å². The molecule has 3 aromatic rings. The minimum Gasteiger partial charge on any atom is -0.454 e. The fourth-order valence-corrected chi connectivity index (χ4v) is 5.81. The minimum atomic E-state index is 0.133. The maximum Gasteiger partial charge on any atom is 0.231 e. The van der Waals surface area contributed by atoms with E-state index in [0.717, 1.165) is 50.8 Å². The highest BCUT2D eigenvalue weighted by Crippen LogP contribution is 2.41. The van der Waals surface area contributed by atoms with Crippen LogP contribution in [0.2, 0.25) is 0 Å². The van der Waals surface area contributed by atoms with E-state index in [1.165, 1.54) is 18.1 Å². The summed E-state index contributed by atoms with van der Waals surface area (Å²) < 4.78 is 14.1. The lowest BCUT2D eigenvalue weighted by atomic mass is 10.1. The highest BCUT2D eigenvalue weighted by Gasteiger charge is 2.22. The molecule has 4 rings (SSSR count). The van der Waals surface area contributed by atoms with Crippen molar-refractivity contribution < 1.29 is 14.3 Å². The Labute approximate surface area is 228 Å². The smallest absolute Gasteiger partial charge is 0.231 e. The van der Waals surface area contributed by atoms with E-state index in [2.05, 4.69) is 51.0 Å². The van der Waals surface area contributed by atoms with Gasteiger partial charge in [0, 0.05) is 34.0 Å². The van der Waals surface area contributed by atoms with Gasteiger partial charge in [-0.15, -0.1) is 0 Å². The molecule has 3 heterocycles. The Bertz CT molecular complexity index is 1220. The summed E-state index contributed by atoms with van der Waals surface area (Å²) in [7, 11) is 0. The quantitative estimate of drug-likeness (QED) is 0.226. The molecule has 10 nitrogen and oxygen atoms in total. The Morgan fingerprint density at radius 3 is 2.72 bits per heavy atom. The number of aryl methyl sites for hydroxylation is 1. The molecule has 0 unspecified atom stereocenters. The van der Waals surface area contributed by atoms with Crippen LogP contribution >= 0.6 is 34.4 Å². The van der Waals surface area contributed by atoms with Gasteiger partial charge in [0.2, 0.25) is 12.7 Å². The summed E-state index contributed by atoms with van der Waals surface area (Å²) in [5.41, 5.74) is 13.0. The number of benzene rings is 1. The van der Waals surface area contributed by atoms with E-state index in [9.17, 15) is 4.79 Å². The number of unbranched alkanes of at least 4 members (excludes halogenated alkanes) is 2. The summed E-state index contributed by atoms with van der Waals surface area (Å²) in [6.07, 6.45) is 5.58. The first-order valence-electron chi connectivity index (χ1n) is 12.1. The lowest BCUT2D eigenvalue weighted by Gasteiger charge is -2.27. The maximum absolute atomic E-state index is 12.8. The normalized spacial score (nSPS) is 12.6. The van der Waals surface area contributed by atoms with Gasteiger partial charge in [-0.25, -0.2) is 15.0 Å². The lowest BCUT2D eigenvalue weighted by Crippen LogP contribution is -2.38. The summed E-state index contributed by atoms with van der Waals surface area (Å²) in [5.74, 6) is 2.00. The number of nitrogens with zero attached hydrogens (tertiary/aromatic N) is 5. The van der Waals surface area contributed by atoms with E-state index in [1.807, 2.05) is 17.0 Å². The number of fused-ring (bicyclic) bond motifs is 2. The summed E-state index contributed by atoms with van der Waals surface area (Å²) in [5, 5.41) is 0.762. The molecule has 36 heavy (non-hydrogen) atoms. The van der Waals surface area contributed by atoms with Crippen molar-refractivity contribution in [3.8, 4) is 11.5 Å². The Hall–Kier alpha value is -2.32. The first kappa shape index (κ1) is 26.7. The molecule has 0 saturated carbocycles. The number of rotatable bonds is 12. The summed E-state index contributed by atoms with van der Waals surface area (Å²) >= 11 is 3.81. The summed E-state index contributed by atoms with van der Waals surface area (Å²) in [6, 6.07) is 4.07. The highest BCUT2D eigenvalue weighted by molar-refractivity contribution is 14.1. The zero-order valence-corrected chi connectivity index (χ0v) is 23.5. The number of amides is 1. The summed E-state index contributed by atoms with van der Waals surface area (Å²) in [6.45, 7) is 6.30. The Balaban J connectivity index is 1.52. The molecule has 0 spiro atoms. The van der Waals surface area contributed by atoms with Crippen molar-refractivity contribution in [3.05, 3.63) is 22.0 Å². The summed E-state index contributed by atoms with van der Waals surface area (Å²) in [4.78, 5) is 29.2. The highest BCUT2D eigenvalue weighted by atomic mass is 127. The van der Waals surface area contributed by atoms with Gasteiger partial charge in [0.1, 0.15) is 6.33 Å². The van der Waals surface area contributed by atoms with E-state index in [0.29, 0.717) is 43.0 Å². The second-order valence-electron chi connectivity index (χ2n) is 8.85. The van der Waals surface area contributed by atoms with Crippen LogP contribution in [-0.4, -0.2) is 56.3 Å². The molecule has 1 aromatic carbocycles. The number of aromatic nitrogens is 4. The van der Waals surface area contributed by atoms with Crippen molar-refractivity contribution in [2.75, 3.05) is 25.6 Å². The lowest BCUT2D eigenvalue weighted by molar-refractivity contribution is -0.133. The first-order valence-corrected chi connectivity index (χ1v) is 14.0. The van der Waals surface area contributed by atoms with Crippen LogP contribution in [0.3, 0.4) is 0 Å². The van der Waals surface area contributed by atoms with Crippen molar-refractivity contribution in [2.45, 2.75) is 68.6 Å². The predicted octanol–water partition coefficient (Wildman–Crippen LogP) is 4.04. The zero-order valence-electron chi connectivity index (χ0n) is 20.6. The zero-order chi connectivity index (χ0) is 25.7. The van der Waals surface area contributed by atoms with Gasteiger partial charge >= 0.3 is 0 Å². The van der Waals surface area contributed by atoms with Crippen LogP contribution in [0.5, 0.6) is 11.5 Å². The number of nitrogens with two attached hydrogens (primary N) is 2. The van der Waals surface area contributed by atoms with Crippen LogP contribution in [-0.2, 0) is 11.3 Å². The molecular formula is C24H32IN7O3S. The van der Waals surface area contributed by atoms with Gasteiger partial charge in [0.25, 0.3) is 0 Å². The van der Waals surface area contributed by atoms with Crippen molar-refractivity contribution in [1.29, 1.82) is 0 Å². The van der Waals surface area contributed by atoms with Gasteiger partial charge in [-0.05, 0) is 74.4 Å². The van der Waals surface area contributed by atoms with Gasteiger partial charge in [0.05, 0.1) is 0 Å². The SMILES string of the molecule is CC(C)N(CCCn1c(Sc2cc3c(cc2I)OCO3)nc2c(N)ncnc21)C(=O)CCCCCN. The topological polar surface area (TPSA) is 134 Å². The molecule has 1 aliphatic rings. The van der Waals surface area contributed by atoms with Crippen LogP contribution in [0.4, 0.5) is 5.82 Å². The van der Waals surface area contributed by atoms with Gasteiger partial charge in [0.15, 0.2) is 33.6 Å². The largest absolute Gasteiger partial charge is 0.454 e. The van der Waals surface area contributed by atoms with E-state index in [4.69, 9.17) is 25.9 Å². The number of anilines is 1. The fraction of sp³-hybridized carbons (Fsp3) is 0.500. The number of nitrogen functional groups attached to an aromatic ring is 1. The van der Waals surface area contributed by atoms with Crippen LogP contribution in [0, 0.1) is 3.57 Å². The van der Waals surface area contributed by atoms with Gasteiger partial charge < -0.3 is 30.4 Å². The Kier molecular flexibility index (Phi) is 9.12. The molecule has 1 amide bonds. The number of carbonyl (C=O) groups excluding carboxylic acids is 1. The third-order valence-electron chi connectivity index (χ3n) is 5.97. The van der Waals surface area contributed by atoms with Crippen molar-refractivity contribution in [2.24, 2.45) is 5.73 Å². The van der Waals surface area contributed by atoms with Crippen LogP contribution in [0.15, 0.2) is 28.5 Å². The number of hydrogen-bond acceptors (Lipinski definition) is 9. The van der Waals surface area contributed by atoms with Crippen molar-refractivity contribution in [1.82, 2.24) is 24.4 Å². The number of hydrogen-bond donors (Lipinski definition) is 2. The van der Waals surface area contributed by atoms with Gasteiger partial charge in [-0.2, -0.15) is 0 Å².